The van der Waals surface area contributed by atoms with E-state index >= 15 is 0 Å². The fraction of sp³-hybridized carbons (Fsp3) is 0.360. The molecule has 1 fully saturated rings. The van der Waals surface area contributed by atoms with Crippen molar-refractivity contribution in [2.45, 2.75) is 43.7 Å². The Balaban J connectivity index is 1.21. The summed E-state index contributed by atoms with van der Waals surface area (Å²) in [6.45, 7) is 5.14. The number of carbonyl (C=O) groups is 1. The number of nitrogens with two attached hydrogens (primary N) is 1. The summed E-state index contributed by atoms with van der Waals surface area (Å²) in [7, 11) is -3.73. The number of nitrogens with zero attached hydrogens (tertiary/aromatic N) is 5. The van der Waals surface area contributed by atoms with Crippen molar-refractivity contribution in [2.75, 3.05) is 35.6 Å². The van der Waals surface area contributed by atoms with Gasteiger partial charge in [0.1, 0.15) is 38.9 Å². The van der Waals surface area contributed by atoms with E-state index in [1.54, 1.807) is 12.1 Å². The number of carbonyl (C=O) groups excluding carboxylic acids is 1. The number of aliphatic imine (C=N–C) groups is 1. The van der Waals surface area contributed by atoms with Gasteiger partial charge in [-0.15, -0.1) is 0 Å². The highest BCUT2D eigenvalue weighted by molar-refractivity contribution is 7.89. The van der Waals surface area contributed by atoms with Gasteiger partial charge in [0.05, 0.1) is 11.6 Å². The minimum absolute atomic E-state index is 0.0673. The van der Waals surface area contributed by atoms with Crippen LogP contribution in [-0.2, 0) is 10.0 Å². The van der Waals surface area contributed by atoms with Crippen molar-refractivity contribution >= 4 is 49.7 Å². The molecule has 0 radical (unpaired) electrons. The van der Waals surface area contributed by atoms with Crippen molar-refractivity contribution in [1.29, 1.82) is 0 Å². The number of rotatable bonds is 7. The number of aromatic nitrogens is 2. The van der Waals surface area contributed by atoms with Gasteiger partial charge in [-0.3, -0.25) is 9.79 Å². The predicted molar refractivity (Wildman–Crippen MR) is 146 cm³/mol. The van der Waals surface area contributed by atoms with E-state index in [2.05, 4.69) is 20.3 Å². The summed E-state index contributed by atoms with van der Waals surface area (Å²) in [6.07, 6.45) is 2.34. The summed E-state index contributed by atoms with van der Waals surface area (Å²) in [5.41, 5.74) is 5.20. The number of piperidine rings is 1. The van der Waals surface area contributed by atoms with Gasteiger partial charge in [0, 0.05) is 31.9 Å². The van der Waals surface area contributed by atoms with Crippen LogP contribution in [-0.4, -0.2) is 66.0 Å². The minimum Gasteiger partial charge on any atom is -0.382 e. The van der Waals surface area contributed by atoms with Crippen molar-refractivity contribution in [2.24, 2.45) is 4.99 Å². The average Bonchev–Trinajstić information content (AvgIpc) is 3.44. The number of hydrogen-bond donors (Lipinski definition) is 2. The summed E-state index contributed by atoms with van der Waals surface area (Å²) in [6, 6.07) is 6.46. The van der Waals surface area contributed by atoms with Gasteiger partial charge in [-0.25, -0.2) is 27.2 Å². The number of thiazole rings is 1. The van der Waals surface area contributed by atoms with Gasteiger partial charge in [-0.1, -0.05) is 17.4 Å². The monoisotopic (exact) mass is 575 g/mol. The lowest BCUT2D eigenvalue weighted by Gasteiger charge is -2.31. The van der Waals surface area contributed by atoms with E-state index in [0.717, 1.165) is 29.3 Å². The Morgan fingerprint density at radius 2 is 1.85 bits per heavy atom. The number of anilines is 3. The van der Waals surface area contributed by atoms with E-state index in [4.69, 9.17) is 5.73 Å². The lowest BCUT2D eigenvalue weighted by molar-refractivity contribution is 0.103. The van der Waals surface area contributed by atoms with Crippen LogP contribution in [0.15, 0.2) is 46.4 Å². The number of benzene rings is 1. The second-order valence-electron chi connectivity index (χ2n) is 9.47. The Morgan fingerprint density at radius 1 is 1.15 bits per heavy atom. The van der Waals surface area contributed by atoms with Gasteiger partial charge in [-0.2, -0.15) is 4.31 Å². The van der Waals surface area contributed by atoms with E-state index in [9.17, 15) is 22.0 Å². The standard InChI is InChI=1S/C25H27F2N7O3S2/c1-14-13-34(15(2)30-14)20-7-6-17(12-29-20)39(36,37)33-10-8-16(9-11-33)31-25-32-24(28)23(38-25)22(35)21-18(26)4-3-5-19(21)27/h3-7,12,14,16H,8-11,13,28H2,1-2H3,(H,31,32)/t14-/m0/s1. The molecule has 10 nitrogen and oxygen atoms in total. The maximum Gasteiger partial charge on any atom is 0.244 e. The van der Waals surface area contributed by atoms with Crippen molar-refractivity contribution in [3.05, 3.63) is 58.6 Å². The van der Waals surface area contributed by atoms with Crippen molar-refractivity contribution in [3.63, 3.8) is 0 Å². The molecule has 1 saturated heterocycles. The number of pyridine rings is 1. The molecule has 39 heavy (non-hydrogen) atoms. The molecule has 2 aliphatic rings. The summed E-state index contributed by atoms with van der Waals surface area (Å²) in [4.78, 5) is 27.7. The smallest absolute Gasteiger partial charge is 0.244 e. The fourth-order valence-electron chi connectivity index (χ4n) is 4.72. The molecule has 206 valence electrons. The third kappa shape index (κ3) is 5.36. The molecular weight excluding hydrogens is 548 g/mol. The van der Waals surface area contributed by atoms with E-state index < -0.39 is 33.0 Å². The topological polar surface area (TPSA) is 134 Å². The molecule has 0 saturated carbocycles. The summed E-state index contributed by atoms with van der Waals surface area (Å²) >= 11 is 0.906. The van der Waals surface area contributed by atoms with Crippen molar-refractivity contribution in [3.8, 4) is 0 Å². The van der Waals surface area contributed by atoms with Crippen molar-refractivity contribution < 1.29 is 22.0 Å². The number of hydrogen-bond acceptors (Lipinski definition) is 10. The highest BCUT2D eigenvalue weighted by atomic mass is 32.2. The Morgan fingerprint density at radius 3 is 2.44 bits per heavy atom. The molecule has 0 unspecified atom stereocenters. The molecule has 1 atom stereocenters. The second kappa shape index (κ2) is 10.6. The lowest BCUT2D eigenvalue weighted by Crippen LogP contribution is -2.42. The Hall–Kier alpha value is -3.49. The van der Waals surface area contributed by atoms with E-state index in [-0.39, 0.29) is 40.8 Å². The highest BCUT2D eigenvalue weighted by Gasteiger charge is 2.31. The first-order valence-electron chi connectivity index (χ1n) is 12.3. The summed E-state index contributed by atoms with van der Waals surface area (Å²) in [5.74, 6) is -1.46. The SMILES string of the molecule is CC1=N[C@@H](C)CN1c1ccc(S(=O)(=O)N2CCC(Nc3nc(N)c(C(=O)c4c(F)cccc4F)s3)CC2)cn1. The van der Waals surface area contributed by atoms with Crippen LogP contribution >= 0.6 is 11.3 Å². The maximum absolute atomic E-state index is 14.1. The molecule has 0 amide bonds. The van der Waals surface area contributed by atoms with Crippen LogP contribution in [0.3, 0.4) is 0 Å². The maximum atomic E-state index is 14.1. The molecule has 4 heterocycles. The molecular formula is C25H27F2N7O3S2. The zero-order chi connectivity index (χ0) is 27.9. The first kappa shape index (κ1) is 27.1. The Bertz CT molecular complexity index is 1520. The van der Waals surface area contributed by atoms with E-state index in [1.807, 2.05) is 18.7 Å². The zero-order valence-electron chi connectivity index (χ0n) is 21.3. The normalized spacial score (nSPS) is 18.8. The number of amidine groups is 1. The summed E-state index contributed by atoms with van der Waals surface area (Å²) in [5, 5.41) is 3.50. The van der Waals surface area contributed by atoms with E-state index in [1.165, 1.54) is 16.6 Å². The van der Waals surface area contributed by atoms with Gasteiger partial charge in [0.15, 0.2) is 5.13 Å². The molecule has 2 aliphatic heterocycles. The van der Waals surface area contributed by atoms with E-state index in [0.29, 0.717) is 30.3 Å². The molecule has 1 aromatic carbocycles. The average molecular weight is 576 g/mol. The Labute approximate surface area is 228 Å². The van der Waals surface area contributed by atoms with Crippen LogP contribution < -0.4 is 16.0 Å². The van der Waals surface area contributed by atoms with Crippen LogP contribution in [0.5, 0.6) is 0 Å². The lowest BCUT2D eigenvalue weighted by atomic mass is 10.1. The molecule has 5 rings (SSSR count). The Kier molecular flexibility index (Phi) is 7.35. The molecule has 0 aliphatic carbocycles. The van der Waals surface area contributed by atoms with Crippen LogP contribution in [0.1, 0.15) is 41.9 Å². The summed E-state index contributed by atoms with van der Waals surface area (Å²) < 4.78 is 56.0. The molecule has 3 N–H and O–H groups in total. The number of ketones is 1. The molecule has 3 aromatic rings. The van der Waals surface area contributed by atoms with Crippen LogP contribution in [0.2, 0.25) is 0 Å². The number of halogens is 2. The van der Waals surface area contributed by atoms with Gasteiger partial charge in [-0.05, 0) is 51.0 Å². The van der Waals surface area contributed by atoms with Crippen LogP contribution in [0.25, 0.3) is 0 Å². The third-order valence-corrected chi connectivity index (χ3v) is 9.59. The van der Waals surface area contributed by atoms with Crippen molar-refractivity contribution in [1.82, 2.24) is 14.3 Å². The number of sulfonamides is 1. The number of nitrogens with one attached hydrogen (secondary N) is 1. The predicted octanol–water partition coefficient (Wildman–Crippen LogP) is 3.52. The van der Waals surface area contributed by atoms with Gasteiger partial charge < -0.3 is 16.0 Å². The highest BCUT2D eigenvalue weighted by Crippen LogP contribution is 2.31. The molecule has 2 aromatic heterocycles. The quantitative estimate of drug-likeness (QED) is 0.409. The largest absolute Gasteiger partial charge is 0.382 e. The molecule has 0 spiro atoms. The zero-order valence-corrected chi connectivity index (χ0v) is 22.9. The third-order valence-electron chi connectivity index (χ3n) is 6.71. The molecule has 0 bridgehead atoms. The first-order valence-corrected chi connectivity index (χ1v) is 14.6. The molecule has 14 heteroatoms. The minimum atomic E-state index is -3.73. The van der Waals surface area contributed by atoms with Gasteiger partial charge in [0.25, 0.3) is 0 Å². The van der Waals surface area contributed by atoms with Crippen LogP contribution in [0.4, 0.5) is 25.5 Å². The first-order chi connectivity index (χ1) is 18.5. The fourth-order valence-corrected chi connectivity index (χ4v) is 7.04. The second-order valence-corrected chi connectivity index (χ2v) is 12.4. The van der Waals surface area contributed by atoms with Gasteiger partial charge >= 0.3 is 0 Å². The number of nitrogen functional groups attached to an aromatic ring is 1. The van der Waals surface area contributed by atoms with Gasteiger partial charge in [0.2, 0.25) is 15.8 Å². The van der Waals surface area contributed by atoms with Crippen LogP contribution in [0, 0.1) is 11.6 Å².